The maximum Gasteiger partial charge on any atom is 0.156 e. The highest BCUT2D eigenvalue weighted by Crippen LogP contribution is 2.34. The molecule has 0 fully saturated rings. The molecule has 1 aromatic rings. The Bertz CT molecular complexity index is 379. The van der Waals surface area contributed by atoms with E-state index < -0.39 is 5.97 Å². The van der Waals surface area contributed by atoms with Crippen molar-refractivity contribution in [3.8, 4) is 5.75 Å². The molecule has 5 heteroatoms. The SMILES string of the molecule is C=CCOc1c(Cl)cc(C(=O)[O-])cc1Cl. The highest BCUT2D eigenvalue weighted by molar-refractivity contribution is 6.37. The molecule has 0 radical (unpaired) electrons. The van der Waals surface area contributed by atoms with Gasteiger partial charge < -0.3 is 14.6 Å². The first-order valence-corrected chi connectivity index (χ1v) is 4.76. The molecule has 1 rings (SSSR count). The molecule has 0 saturated heterocycles. The van der Waals surface area contributed by atoms with Gasteiger partial charge in [-0.2, -0.15) is 0 Å². The summed E-state index contributed by atoms with van der Waals surface area (Å²) >= 11 is 11.6. The Labute approximate surface area is 96.9 Å². The van der Waals surface area contributed by atoms with E-state index in [4.69, 9.17) is 27.9 Å². The van der Waals surface area contributed by atoms with Gasteiger partial charge in [0.2, 0.25) is 0 Å². The molecule has 0 bridgehead atoms. The lowest BCUT2D eigenvalue weighted by Crippen LogP contribution is -2.22. The van der Waals surface area contributed by atoms with Crippen LogP contribution in [0.25, 0.3) is 0 Å². The largest absolute Gasteiger partial charge is 0.545 e. The van der Waals surface area contributed by atoms with Crippen molar-refractivity contribution in [2.45, 2.75) is 0 Å². The number of carboxylic acid groups (broad SMARTS) is 1. The Morgan fingerprint density at radius 3 is 2.40 bits per heavy atom. The molecule has 0 aliphatic carbocycles. The van der Waals surface area contributed by atoms with E-state index in [9.17, 15) is 9.90 Å². The van der Waals surface area contributed by atoms with Crippen LogP contribution >= 0.6 is 23.2 Å². The van der Waals surface area contributed by atoms with Crippen LogP contribution in [-0.4, -0.2) is 12.6 Å². The molecule has 80 valence electrons. The maximum atomic E-state index is 10.5. The Morgan fingerprint density at radius 2 is 2.00 bits per heavy atom. The normalized spacial score (nSPS) is 9.73. The van der Waals surface area contributed by atoms with Gasteiger partial charge in [0.05, 0.1) is 16.0 Å². The number of carboxylic acids is 1. The van der Waals surface area contributed by atoms with E-state index in [0.29, 0.717) is 0 Å². The number of hydrogen-bond acceptors (Lipinski definition) is 3. The van der Waals surface area contributed by atoms with Gasteiger partial charge in [0.15, 0.2) is 5.75 Å². The Kier molecular flexibility index (Phi) is 4.00. The summed E-state index contributed by atoms with van der Waals surface area (Å²) < 4.78 is 5.16. The first-order chi connectivity index (χ1) is 7.06. The van der Waals surface area contributed by atoms with Crippen molar-refractivity contribution >= 4 is 29.2 Å². The van der Waals surface area contributed by atoms with Crippen molar-refractivity contribution in [2.24, 2.45) is 0 Å². The predicted octanol–water partition coefficient (Wildman–Crippen LogP) is 1.92. The van der Waals surface area contributed by atoms with Crippen molar-refractivity contribution in [1.82, 2.24) is 0 Å². The number of halogens is 2. The molecular weight excluding hydrogens is 239 g/mol. The fraction of sp³-hybridized carbons (Fsp3) is 0.100. The lowest BCUT2D eigenvalue weighted by atomic mass is 10.2. The lowest BCUT2D eigenvalue weighted by Gasteiger charge is -2.10. The second kappa shape index (κ2) is 5.05. The topological polar surface area (TPSA) is 49.4 Å². The van der Waals surface area contributed by atoms with Gasteiger partial charge in [-0.15, -0.1) is 0 Å². The van der Waals surface area contributed by atoms with Crippen molar-refractivity contribution < 1.29 is 14.6 Å². The minimum absolute atomic E-state index is 0.0871. The number of rotatable bonds is 4. The molecule has 0 spiro atoms. The Balaban J connectivity index is 3.09. The molecule has 0 saturated carbocycles. The predicted molar refractivity (Wildman–Crippen MR) is 56.5 cm³/mol. The van der Waals surface area contributed by atoms with Gasteiger partial charge in [0, 0.05) is 5.56 Å². The molecule has 0 N–H and O–H groups in total. The fourth-order valence-corrected chi connectivity index (χ4v) is 1.55. The van der Waals surface area contributed by atoms with Crippen molar-refractivity contribution in [1.29, 1.82) is 0 Å². The molecule has 3 nitrogen and oxygen atoms in total. The average Bonchev–Trinajstić information content (AvgIpc) is 2.16. The van der Waals surface area contributed by atoms with Crippen molar-refractivity contribution in [2.75, 3.05) is 6.61 Å². The first-order valence-electron chi connectivity index (χ1n) is 4.00. The number of carbonyl (C=O) groups is 1. The van der Waals surface area contributed by atoms with E-state index in [1.165, 1.54) is 18.2 Å². The van der Waals surface area contributed by atoms with E-state index >= 15 is 0 Å². The zero-order valence-corrected chi connectivity index (χ0v) is 9.14. The average molecular weight is 246 g/mol. The van der Waals surface area contributed by atoms with Gasteiger partial charge in [-0.3, -0.25) is 0 Å². The van der Waals surface area contributed by atoms with Crippen LogP contribution in [0.4, 0.5) is 0 Å². The van der Waals surface area contributed by atoms with Crippen LogP contribution in [-0.2, 0) is 0 Å². The molecule has 0 unspecified atom stereocenters. The molecule has 1 aromatic carbocycles. The Hall–Kier alpha value is -1.19. The van der Waals surface area contributed by atoms with Gasteiger partial charge in [0.1, 0.15) is 6.61 Å². The zero-order chi connectivity index (χ0) is 11.4. The first kappa shape index (κ1) is 11.9. The lowest BCUT2D eigenvalue weighted by molar-refractivity contribution is -0.255. The number of ether oxygens (including phenoxy) is 1. The van der Waals surface area contributed by atoms with Crippen LogP contribution in [0.15, 0.2) is 24.8 Å². The minimum atomic E-state index is -1.34. The number of hydrogen-bond donors (Lipinski definition) is 0. The summed E-state index contributed by atoms with van der Waals surface area (Å²) in [4.78, 5) is 10.5. The second-order valence-electron chi connectivity index (χ2n) is 2.66. The van der Waals surface area contributed by atoms with E-state index in [1.54, 1.807) is 0 Å². The van der Waals surface area contributed by atoms with Crippen LogP contribution < -0.4 is 9.84 Å². The van der Waals surface area contributed by atoms with Crippen LogP contribution in [0.5, 0.6) is 5.75 Å². The smallest absolute Gasteiger partial charge is 0.156 e. The third-order valence-corrected chi connectivity index (χ3v) is 2.14. The van der Waals surface area contributed by atoms with Crippen LogP contribution in [0.3, 0.4) is 0 Å². The summed E-state index contributed by atoms with van der Waals surface area (Å²) in [7, 11) is 0. The van der Waals surface area contributed by atoms with Crippen LogP contribution in [0, 0.1) is 0 Å². The van der Waals surface area contributed by atoms with Gasteiger partial charge in [-0.1, -0.05) is 35.9 Å². The second-order valence-corrected chi connectivity index (χ2v) is 3.47. The zero-order valence-electron chi connectivity index (χ0n) is 7.63. The molecule has 0 aliphatic heterocycles. The third-order valence-electron chi connectivity index (χ3n) is 1.58. The summed E-state index contributed by atoms with van der Waals surface area (Å²) in [6.45, 7) is 3.71. The number of carbonyl (C=O) groups excluding carboxylic acids is 1. The summed E-state index contributed by atoms with van der Waals surface area (Å²) in [5.74, 6) is -1.10. The number of aromatic carboxylic acids is 1. The Morgan fingerprint density at radius 1 is 1.47 bits per heavy atom. The van der Waals surface area contributed by atoms with Gasteiger partial charge in [-0.25, -0.2) is 0 Å². The fourth-order valence-electron chi connectivity index (χ4n) is 0.958. The summed E-state index contributed by atoms with van der Waals surface area (Å²) in [6.07, 6.45) is 1.53. The van der Waals surface area contributed by atoms with Crippen molar-refractivity contribution in [3.63, 3.8) is 0 Å². The summed E-state index contributed by atoms with van der Waals surface area (Å²) in [5.41, 5.74) is -0.0871. The van der Waals surface area contributed by atoms with E-state index in [2.05, 4.69) is 6.58 Å². The number of benzene rings is 1. The van der Waals surface area contributed by atoms with E-state index in [0.717, 1.165) is 0 Å². The molecule has 0 aliphatic rings. The van der Waals surface area contributed by atoms with Gasteiger partial charge in [-0.05, 0) is 12.1 Å². The highest BCUT2D eigenvalue weighted by Gasteiger charge is 2.09. The molecule has 0 atom stereocenters. The van der Waals surface area contributed by atoms with Crippen molar-refractivity contribution in [3.05, 3.63) is 40.4 Å². The molecule has 0 heterocycles. The summed E-state index contributed by atoms with van der Waals surface area (Å²) in [5, 5.41) is 10.8. The minimum Gasteiger partial charge on any atom is -0.545 e. The standard InChI is InChI=1S/C10H8Cl2O3/c1-2-3-15-9-7(11)4-6(10(13)14)5-8(9)12/h2,4-5H,1,3H2,(H,13,14)/p-1. The monoisotopic (exact) mass is 245 g/mol. The third kappa shape index (κ3) is 2.88. The quantitative estimate of drug-likeness (QED) is 0.762. The van der Waals surface area contributed by atoms with Crippen LogP contribution in [0.1, 0.15) is 10.4 Å². The molecule has 15 heavy (non-hydrogen) atoms. The highest BCUT2D eigenvalue weighted by atomic mass is 35.5. The van der Waals surface area contributed by atoms with Crippen LogP contribution in [0.2, 0.25) is 10.0 Å². The molecule has 0 amide bonds. The van der Waals surface area contributed by atoms with E-state index in [-0.39, 0.29) is 28.0 Å². The van der Waals surface area contributed by atoms with Gasteiger partial charge >= 0.3 is 0 Å². The molecule has 0 aromatic heterocycles. The molecular formula is C10H7Cl2O3-. The maximum absolute atomic E-state index is 10.5. The van der Waals surface area contributed by atoms with E-state index in [1.807, 2.05) is 0 Å². The summed E-state index contributed by atoms with van der Waals surface area (Å²) in [6, 6.07) is 2.45. The van der Waals surface area contributed by atoms with Gasteiger partial charge in [0.25, 0.3) is 0 Å².